The van der Waals surface area contributed by atoms with Crippen LogP contribution in [0.5, 0.6) is 0 Å². The molecule has 0 saturated heterocycles. The highest BCUT2D eigenvalue weighted by molar-refractivity contribution is 5.82. The number of fused-ring (bicyclic) bond motifs is 2. The number of pyridine rings is 1. The molecule has 0 radical (unpaired) electrons. The molecule has 3 heterocycles. The fourth-order valence-corrected chi connectivity index (χ4v) is 3.33. The molecule has 4 rings (SSSR count). The van der Waals surface area contributed by atoms with Crippen LogP contribution in [0.4, 0.5) is 0 Å². The predicted octanol–water partition coefficient (Wildman–Crippen LogP) is 3.56. The average Bonchev–Trinajstić information content (AvgIpc) is 2.92. The zero-order valence-electron chi connectivity index (χ0n) is 14.4. The highest BCUT2D eigenvalue weighted by Gasteiger charge is 2.13. The summed E-state index contributed by atoms with van der Waals surface area (Å²) in [6.45, 7) is 0.764. The predicted molar refractivity (Wildman–Crippen MR) is 101 cm³/mol. The van der Waals surface area contributed by atoms with E-state index < -0.39 is 0 Å². The van der Waals surface area contributed by atoms with Gasteiger partial charge in [-0.05, 0) is 48.7 Å². The van der Waals surface area contributed by atoms with Crippen molar-refractivity contribution < 1.29 is 0 Å². The van der Waals surface area contributed by atoms with E-state index in [2.05, 4.69) is 4.98 Å². The van der Waals surface area contributed by atoms with E-state index in [-0.39, 0.29) is 5.56 Å². The molecule has 26 heavy (non-hydrogen) atoms. The third kappa shape index (κ3) is 3.14. The van der Waals surface area contributed by atoms with Crippen LogP contribution in [0.15, 0.2) is 41.2 Å². The van der Waals surface area contributed by atoms with Crippen molar-refractivity contribution in [2.75, 3.05) is 0 Å². The van der Waals surface area contributed by atoms with Crippen molar-refractivity contribution in [3.05, 3.63) is 69.5 Å². The van der Waals surface area contributed by atoms with Crippen molar-refractivity contribution in [2.24, 2.45) is 0 Å². The molecule has 1 aliphatic heterocycles. The maximum Gasteiger partial charge on any atom is 0.261 e. The normalized spacial score (nSPS) is 14.1. The van der Waals surface area contributed by atoms with Crippen molar-refractivity contribution in [3.63, 3.8) is 0 Å². The van der Waals surface area contributed by atoms with Crippen LogP contribution in [0.3, 0.4) is 0 Å². The Hall–Kier alpha value is -3.26. The van der Waals surface area contributed by atoms with E-state index in [1.54, 1.807) is 6.07 Å². The second kappa shape index (κ2) is 6.93. The van der Waals surface area contributed by atoms with Crippen LogP contribution in [0.25, 0.3) is 23.1 Å². The minimum atomic E-state index is 0.0609. The monoisotopic (exact) mass is 342 g/mol. The lowest BCUT2D eigenvalue weighted by atomic mass is 10.1. The van der Waals surface area contributed by atoms with E-state index in [1.165, 1.54) is 0 Å². The molecular formula is C21H18N4O. The average molecular weight is 342 g/mol. The Morgan fingerprint density at radius 1 is 1.08 bits per heavy atom. The minimum Gasteiger partial charge on any atom is -0.296 e. The summed E-state index contributed by atoms with van der Waals surface area (Å²) in [6, 6.07) is 13.1. The second-order valence-electron chi connectivity index (χ2n) is 6.46. The summed E-state index contributed by atoms with van der Waals surface area (Å²) in [5.41, 5.74) is 2.86. The molecule has 0 bridgehead atoms. The molecule has 0 aliphatic carbocycles. The van der Waals surface area contributed by atoms with Gasteiger partial charge in [-0.1, -0.05) is 24.6 Å². The highest BCUT2D eigenvalue weighted by atomic mass is 16.1. The molecule has 5 nitrogen and oxygen atoms in total. The quantitative estimate of drug-likeness (QED) is 0.714. The van der Waals surface area contributed by atoms with Crippen LogP contribution in [-0.2, 0) is 13.0 Å². The van der Waals surface area contributed by atoms with Crippen molar-refractivity contribution in [3.8, 4) is 6.07 Å². The first kappa shape index (κ1) is 16.2. The van der Waals surface area contributed by atoms with Gasteiger partial charge in [0, 0.05) is 13.0 Å². The molecule has 3 aromatic rings. The number of aryl methyl sites for hydroxylation is 1. The van der Waals surface area contributed by atoms with Gasteiger partial charge in [0.25, 0.3) is 5.56 Å². The van der Waals surface area contributed by atoms with Crippen LogP contribution in [0, 0.1) is 11.3 Å². The number of nitriles is 1. The van der Waals surface area contributed by atoms with Crippen molar-refractivity contribution >= 4 is 23.1 Å². The largest absolute Gasteiger partial charge is 0.296 e. The summed E-state index contributed by atoms with van der Waals surface area (Å²) in [4.78, 5) is 21.7. The SMILES string of the molecule is N#Cc1cccc(C=Cc2ccc3c(=O)n4c(nc3c2)CCCCC4)n1. The maximum absolute atomic E-state index is 12.8. The van der Waals surface area contributed by atoms with E-state index >= 15 is 0 Å². The van der Waals surface area contributed by atoms with Gasteiger partial charge in [-0.15, -0.1) is 0 Å². The first-order valence-corrected chi connectivity index (χ1v) is 8.83. The lowest BCUT2D eigenvalue weighted by Crippen LogP contribution is -2.24. The van der Waals surface area contributed by atoms with E-state index in [0.29, 0.717) is 11.1 Å². The fraction of sp³-hybridized carbons (Fsp3) is 0.238. The lowest BCUT2D eigenvalue weighted by Gasteiger charge is -2.10. The smallest absolute Gasteiger partial charge is 0.261 e. The Balaban J connectivity index is 1.72. The van der Waals surface area contributed by atoms with E-state index in [1.807, 2.05) is 53.1 Å². The lowest BCUT2D eigenvalue weighted by molar-refractivity contribution is 0.614. The third-order valence-corrected chi connectivity index (χ3v) is 4.67. The zero-order chi connectivity index (χ0) is 17.9. The minimum absolute atomic E-state index is 0.0609. The van der Waals surface area contributed by atoms with Gasteiger partial charge in [0.2, 0.25) is 0 Å². The van der Waals surface area contributed by atoms with Gasteiger partial charge in [0.05, 0.1) is 16.6 Å². The van der Waals surface area contributed by atoms with Crippen molar-refractivity contribution in [1.82, 2.24) is 14.5 Å². The number of rotatable bonds is 2. The molecule has 0 unspecified atom stereocenters. The molecule has 128 valence electrons. The molecular weight excluding hydrogens is 324 g/mol. The van der Waals surface area contributed by atoms with E-state index in [0.717, 1.165) is 54.8 Å². The summed E-state index contributed by atoms with van der Waals surface area (Å²) in [6.07, 6.45) is 7.90. The highest BCUT2D eigenvalue weighted by Crippen LogP contribution is 2.17. The first-order chi connectivity index (χ1) is 12.7. The second-order valence-corrected chi connectivity index (χ2v) is 6.46. The van der Waals surface area contributed by atoms with E-state index in [9.17, 15) is 4.79 Å². The van der Waals surface area contributed by atoms with Gasteiger partial charge in [-0.3, -0.25) is 9.36 Å². The summed E-state index contributed by atoms with van der Waals surface area (Å²) < 4.78 is 1.84. The summed E-state index contributed by atoms with van der Waals surface area (Å²) in [5, 5.41) is 9.60. The number of hydrogen-bond donors (Lipinski definition) is 0. The van der Waals surface area contributed by atoms with Gasteiger partial charge in [-0.25, -0.2) is 9.97 Å². The Bertz CT molecular complexity index is 1110. The van der Waals surface area contributed by atoms with Crippen LogP contribution < -0.4 is 5.56 Å². The Labute approximate surface area is 151 Å². The maximum atomic E-state index is 12.8. The number of aromatic nitrogens is 3. The number of nitrogens with zero attached hydrogens (tertiary/aromatic N) is 4. The van der Waals surface area contributed by atoms with Gasteiger partial charge in [-0.2, -0.15) is 5.26 Å². The zero-order valence-corrected chi connectivity index (χ0v) is 14.4. The molecule has 0 N–H and O–H groups in total. The summed E-state index contributed by atoms with van der Waals surface area (Å²) >= 11 is 0. The van der Waals surface area contributed by atoms with Crippen molar-refractivity contribution in [1.29, 1.82) is 5.26 Å². The van der Waals surface area contributed by atoms with Gasteiger partial charge in [0.1, 0.15) is 17.6 Å². The molecule has 0 spiro atoms. The fourth-order valence-electron chi connectivity index (χ4n) is 3.33. The first-order valence-electron chi connectivity index (χ1n) is 8.83. The Kier molecular flexibility index (Phi) is 4.32. The molecule has 1 aromatic carbocycles. The third-order valence-electron chi connectivity index (χ3n) is 4.67. The summed E-state index contributed by atoms with van der Waals surface area (Å²) in [5.74, 6) is 0.893. The van der Waals surface area contributed by atoms with Crippen LogP contribution in [-0.4, -0.2) is 14.5 Å². The van der Waals surface area contributed by atoms with Crippen LogP contribution in [0.1, 0.15) is 42.0 Å². The Morgan fingerprint density at radius 2 is 2.00 bits per heavy atom. The molecule has 0 amide bonds. The molecule has 5 heteroatoms. The molecule has 0 fully saturated rings. The topological polar surface area (TPSA) is 71.6 Å². The standard InChI is InChI=1S/C21H18N4O/c22-14-17-6-4-5-16(23-17)10-8-15-9-11-18-19(13-15)24-20-7-2-1-3-12-25(20)21(18)26/h4-6,8-11,13H,1-3,7,12H2. The van der Waals surface area contributed by atoms with Crippen molar-refractivity contribution in [2.45, 2.75) is 32.2 Å². The Morgan fingerprint density at radius 3 is 2.88 bits per heavy atom. The van der Waals surface area contributed by atoms with Gasteiger partial charge >= 0.3 is 0 Å². The van der Waals surface area contributed by atoms with Crippen LogP contribution in [0.2, 0.25) is 0 Å². The van der Waals surface area contributed by atoms with Crippen LogP contribution >= 0.6 is 0 Å². The molecule has 1 aliphatic rings. The summed E-state index contributed by atoms with van der Waals surface area (Å²) in [7, 11) is 0. The number of hydrogen-bond acceptors (Lipinski definition) is 4. The van der Waals surface area contributed by atoms with Gasteiger partial charge in [0.15, 0.2) is 0 Å². The molecule has 0 saturated carbocycles. The number of benzene rings is 1. The molecule has 2 aromatic heterocycles. The van der Waals surface area contributed by atoms with Gasteiger partial charge < -0.3 is 0 Å². The van der Waals surface area contributed by atoms with E-state index in [4.69, 9.17) is 10.2 Å². The molecule has 0 atom stereocenters.